The molecule has 39 heavy (non-hydrogen) atoms. The number of benzene rings is 3. The number of hydrogen-bond donors (Lipinski definition) is 2. The number of carbonyl (C=O) groups excluding carboxylic acids is 2. The summed E-state index contributed by atoms with van der Waals surface area (Å²) in [5.41, 5.74) is 10.0. The molecule has 2 amide bonds. The van der Waals surface area contributed by atoms with Crippen LogP contribution >= 0.6 is 23.2 Å². The molecule has 0 radical (unpaired) electrons. The average molecular weight is 561 g/mol. The van der Waals surface area contributed by atoms with Crippen LogP contribution in [0.25, 0.3) is 16.6 Å². The minimum Gasteiger partial charge on any atom is -0.366 e. The van der Waals surface area contributed by atoms with Gasteiger partial charge in [-0.05, 0) is 44.0 Å². The molecule has 3 N–H and O–H groups in total. The van der Waals surface area contributed by atoms with Crippen molar-refractivity contribution in [2.75, 3.05) is 0 Å². The van der Waals surface area contributed by atoms with E-state index in [1.165, 1.54) is 12.7 Å². The second-order valence-electron chi connectivity index (χ2n) is 9.33. The smallest absolute Gasteiger partial charge is 0.254 e. The molecule has 3 heterocycles. The van der Waals surface area contributed by atoms with E-state index in [4.69, 9.17) is 28.9 Å². The summed E-state index contributed by atoms with van der Waals surface area (Å²) in [6, 6.07) is 21.1. The number of aromatic nitrogens is 4. The minimum absolute atomic E-state index is 0.160. The summed E-state index contributed by atoms with van der Waals surface area (Å²) in [4.78, 5) is 25.3. The zero-order valence-electron chi connectivity index (χ0n) is 21.1. The van der Waals surface area contributed by atoms with Gasteiger partial charge in [-0.15, -0.1) is 10.2 Å². The van der Waals surface area contributed by atoms with Crippen LogP contribution in [0, 0.1) is 6.92 Å². The van der Waals surface area contributed by atoms with Gasteiger partial charge in [0.25, 0.3) is 11.8 Å². The summed E-state index contributed by atoms with van der Waals surface area (Å²) >= 11 is 12.8. The van der Waals surface area contributed by atoms with Crippen molar-refractivity contribution in [3.05, 3.63) is 112 Å². The first-order valence-corrected chi connectivity index (χ1v) is 13.2. The summed E-state index contributed by atoms with van der Waals surface area (Å²) in [5, 5.41) is 11.9. The molecule has 0 fully saturated rings. The fourth-order valence-corrected chi connectivity index (χ4v) is 5.55. The second kappa shape index (κ2) is 11.3. The number of nitrogens with two attached hydrogens (primary N) is 1. The summed E-state index contributed by atoms with van der Waals surface area (Å²) in [6.45, 7) is 2.49. The molecule has 1 unspecified atom stereocenters. The van der Waals surface area contributed by atoms with Crippen LogP contribution in [0.4, 0.5) is 0 Å². The third-order valence-corrected chi connectivity index (χ3v) is 7.27. The normalized spacial score (nSPS) is 14.3. The van der Waals surface area contributed by atoms with Crippen LogP contribution in [-0.4, -0.2) is 37.2 Å². The Bertz CT molecular complexity index is 1600. The molecular weight excluding hydrogens is 535 g/mol. The van der Waals surface area contributed by atoms with E-state index in [1.54, 1.807) is 16.7 Å². The number of rotatable bonds is 4. The predicted molar refractivity (Wildman–Crippen MR) is 153 cm³/mol. The summed E-state index contributed by atoms with van der Waals surface area (Å²) in [5.74, 6) is -0.787. The lowest BCUT2D eigenvalue weighted by Crippen LogP contribution is -2.41. The largest absolute Gasteiger partial charge is 0.366 e. The van der Waals surface area contributed by atoms with Gasteiger partial charge in [-0.25, -0.2) is 0 Å². The molecule has 10 heteroatoms. The van der Waals surface area contributed by atoms with E-state index in [0.717, 1.165) is 22.2 Å². The Labute approximate surface area is 235 Å². The van der Waals surface area contributed by atoms with Gasteiger partial charge < -0.3 is 15.6 Å². The van der Waals surface area contributed by atoms with Crippen LogP contribution in [0.3, 0.4) is 0 Å². The fraction of sp³-hybridized carbons (Fsp3) is 0.172. The van der Waals surface area contributed by atoms with Crippen molar-refractivity contribution in [3.63, 3.8) is 0 Å². The molecule has 198 valence electrons. The molecule has 0 aliphatic carbocycles. The first kappa shape index (κ1) is 26.5. The lowest BCUT2D eigenvalue weighted by molar-refractivity contribution is 0.0925. The number of fused-ring (bicyclic) bond motifs is 3. The van der Waals surface area contributed by atoms with Gasteiger partial charge in [-0.2, -0.15) is 0 Å². The Morgan fingerprint density at radius 1 is 0.949 bits per heavy atom. The van der Waals surface area contributed by atoms with E-state index < -0.39 is 5.91 Å². The van der Waals surface area contributed by atoms with Crippen molar-refractivity contribution in [2.45, 2.75) is 32.4 Å². The topological polar surface area (TPSA) is 108 Å². The lowest BCUT2D eigenvalue weighted by atomic mass is 10.0. The number of primary amides is 1. The fourth-order valence-electron chi connectivity index (χ4n) is 4.91. The van der Waals surface area contributed by atoms with Crippen molar-refractivity contribution < 1.29 is 9.59 Å². The van der Waals surface area contributed by atoms with E-state index in [1.807, 2.05) is 61.5 Å². The van der Waals surface area contributed by atoms with Crippen LogP contribution in [0.1, 0.15) is 38.4 Å². The zero-order valence-corrected chi connectivity index (χ0v) is 22.7. The molecule has 0 spiro atoms. The highest BCUT2D eigenvalue weighted by Crippen LogP contribution is 2.32. The maximum absolute atomic E-state index is 13.1. The van der Waals surface area contributed by atoms with Gasteiger partial charge in [-0.1, -0.05) is 71.2 Å². The first-order chi connectivity index (χ1) is 18.8. The molecule has 5 aromatic rings. The average Bonchev–Trinajstić information content (AvgIpc) is 3.56. The Balaban J connectivity index is 0.000000455. The Kier molecular flexibility index (Phi) is 7.67. The second-order valence-corrected chi connectivity index (χ2v) is 10.1. The third kappa shape index (κ3) is 5.53. The molecule has 2 aromatic heterocycles. The number of carbonyl (C=O) groups is 2. The number of halogens is 2. The number of nitrogens with one attached hydrogen (secondary N) is 1. The predicted octanol–water partition coefficient (Wildman–Crippen LogP) is 5.37. The van der Waals surface area contributed by atoms with Crippen LogP contribution in [0.15, 0.2) is 79.4 Å². The summed E-state index contributed by atoms with van der Waals surface area (Å²) < 4.78 is 3.72. The van der Waals surface area contributed by atoms with E-state index in [2.05, 4.69) is 20.1 Å². The number of hydrogen-bond acceptors (Lipinski definition) is 4. The summed E-state index contributed by atoms with van der Waals surface area (Å²) in [6.07, 6.45) is 4.31. The van der Waals surface area contributed by atoms with Crippen LogP contribution in [0.5, 0.6) is 0 Å². The zero-order chi connectivity index (χ0) is 27.5. The highest BCUT2D eigenvalue weighted by atomic mass is 35.5. The number of amides is 2. The van der Waals surface area contributed by atoms with Crippen LogP contribution in [0.2, 0.25) is 10.0 Å². The molecule has 6 rings (SSSR count). The molecule has 1 aliphatic heterocycles. The Morgan fingerprint density at radius 2 is 1.56 bits per heavy atom. The van der Waals surface area contributed by atoms with Gasteiger partial charge in [0.2, 0.25) is 0 Å². The Morgan fingerprint density at radius 3 is 2.15 bits per heavy atom. The van der Waals surface area contributed by atoms with Gasteiger partial charge in [-0.3, -0.25) is 14.2 Å². The van der Waals surface area contributed by atoms with Crippen LogP contribution < -0.4 is 11.1 Å². The van der Waals surface area contributed by atoms with Gasteiger partial charge in [0.1, 0.15) is 12.7 Å². The third-order valence-electron chi connectivity index (χ3n) is 6.68. The lowest BCUT2D eigenvalue weighted by Gasteiger charge is -2.27. The highest BCUT2D eigenvalue weighted by Gasteiger charge is 2.29. The van der Waals surface area contributed by atoms with E-state index in [9.17, 15) is 9.59 Å². The molecule has 0 saturated heterocycles. The van der Waals surface area contributed by atoms with Gasteiger partial charge >= 0.3 is 0 Å². The Hall–Kier alpha value is -4.14. The van der Waals surface area contributed by atoms with E-state index in [-0.39, 0.29) is 27.6 Å². The molecule has 1 aliphatic rings. The maximum atomic E-state index is 13.1. The molecule has 8 nitrogen and oxygen atoms in total. The molecule has 3 aromatic carbocycles. The monoisotopic (exact) mass is 560 g/mol. The quantitative estimate of drug-likeness (QED) is 0.308. The van der Waals surface area contributed by atoms with Crippen LogP contribution in [-0.2, 0) is 13.0 Å². The number of aryl methyl sites for hydroxylation is 1. The molecule has 0 saturated carbocycles. The van der Waals surface area contributed by atoms with E-state index in [0.29, 0.717) is 30.6 Å². The van der Waals surface area contributed by atoms with Crippen molar-refractivity contribution in [1.82, 2.24) is 24.6 Å². The molecular formula is C29H26Cl2N6O2. The van der Waals surface area contributed by atoms with Crippen molar-refractivity contribution >= 4 is 45.9 Å². The first-order valence-electron chi connectivity index (χ1n) is 12.4. The van der Waals surface area contributed by atoms with Gasteiger partial charge in [0, 0.05) is 29.2 Å². The van der Waals surface area contributed by atoms with Crippen molar-refractivity contribution in [2.24, 2.45) is 5.73 Å². The minimum atomic E-state index is -0.436. The van der Waals surface area contributed by atoms with Crippen molar-refractivity contribution in [1.29, 1.82) is 0 Å². The maximum Gasteiger partial charge on any atom is 0.254 e. The standard InChI is InChI=1S/C23H20Cl2N6O2.C6H6/c1-12-2-4-18-15(6-12)20(22(26)32)19-5-3-13(9-31(18)19)29-23(33)21-16(24)7-14(8-17(21)25)30-10-27-28-11-30;1-2-4-6-5-3-1/h2,4,6-8,10-11,13H,3,5,9H2,1H3,(H2,26,32)(H,29,33);1-6H. The van der Waals surface area contributed by atoms with E-state index >= 15 is 0 Å². The van der Waals surface area contributed by atoms with Gasteiger partial charge in [0.15, 0.2) is 0 Å². The summed E-state index contributed by atoms with van der Waals surface area (Å²) in [7, 11) is 0. The van der Waals surface area contributed by atoms with Crippen molar-refractivity contribution in [3.8, 4) is 5.69 Å². The molecule has 1 atom stereocenters. The molecule has 0 bridgehead atoms. The number of nitrogens with zero attached hydrogens (tertiary/aromatic N) is 4. The van der Waals surface area contributed by atoms with Gasteiger partial charge in [0.05, 0.1) is 26.9 Å². The highest BCUT2D eigenvalue weighted by molar-refractivity contribution is 6.40. The SMILES string of the molecule is Cc1ccc2c(c1)c(C(N)=O)c1n2CC(NC(=O)c2c(Cl)cc(-n3cnnc3)cc2Cl)CC1.c1ccccc1.